The highest BCUT2D eigenvalue weighted by atomic mass is 35.5. The molecular weight excluding hydrogens is 366 g/mol. The summed E-state index contributed by atoms with van der Waals surface area (Å²) >= 11 is 7.24. The molecule has 24 heavy (non-hydrogen) atoms. The predicted molar refractivity (Wildman–Crippen MR) is 98.2 cm³/mol. The molecule has 1 fully saturated rings. The average molecular weight is 386 g/mol. The highest BCUT2D eigenvalue weighted by Gasteiger charge is 2.27. The van der Waals surface area contributed by atoms with Gasteiger partial charge in [-0.2, -0.15) is 4.31 Å². The van der Waals surface area contributed by atoms with Gasteiger partial charge in [0.25, 0.3) is 0 Å². The van der Waals surface area contributed by atoms with Gasteiger partial charge in [0.05, 0.1) is 11.4 Å². The first-order valence-corrected chi connectivity index (χ1v) is 10.5. The van der Waals surface area contributed by atoms with Crippen LogP contribution in [0.5, 0.6) is 0 Å². The van der Waals surface area contributed by atoms with Crippen LogP contribution in [0.4, 0.5) is 5.69 Å². The third-order valence-corrected chi connectivity index (χ3v) is 7.27. The monoisotopic (exact) mass is 385 g/mol. The van der Waals surface area contributed by atoms with Crippen LogP contribution in [-0.4, -0.2) is 30.8 Å². The molecule has 1 saturated heterocycles. The largest absolute Gasteiger partial charge is 0.380 e. The lowest BCUT2D eigenvalue weighted by Gasteiger charge is -2.26. The van der Waals surface area contributed by atoms with Crippen molar-refractivity contribution in [2.75, 3.05) is 18.4 Å². The number of rotatable bonds is 5. The van der Waals surface area contributed by atoms with Crippen molar-refractivity contribution < 1.29 is 8.42 Å². The minimum atomic E-state index is -3.43. The van der Waals surface area contributed by atoms with E-state index in [1.807, 2.05) is 19.1 Å². The van der Waals surface area contributed by atoms with Gasteiger partial charge in [0, 0.05) is 29.9 Å². The van der Waals surface area contributed by atoms with Crippen LogP contribution in [0.1, 0.15) is 29.7 Å². The molecule has 1 aliphatic rings. The second-order valence-corrected chi connectivity index (χ2v) is 9.48. The first-order chi connectivity index (χ1) is 11.5. The zero-order chi connectivity index (χ0) is 17.2. The number of hydrogen-bond acceptors (Lipinski definition) is 5. The smallest absolute Gasteiger partial charge is 0.243 e. The molecule has 0 spiro atoms. The molecule has 0 unspecified atom stereocenters. The Hall–Kier alpha value is -1.15. The zero-order valence-electron chi connectivity index (χ0n) is 13.5. The van der Waals surface area contributed by atoms with Crippen molar-refractivity contribution in [3.63, 3.8) is 0 Å². The Labute approximate surface area is 151 Å². The molecule has 1 aromatic heterocycles. The van der Waals surface area contributed by atoms with E-state index in [4.69, 9.17) is 11.6 Å². The molecule has 1 N–H and O–H groups in total. The summed E-state index contributed by atoms with van der Waals surface area (Å²) in [5.41, 5.74) is 1.55. The number of thiazole rings is 1. The number of sulfonamides is 1. The maximum atomic E-state index is 12.9. The van der Waals surface area contributed by atoms with Crippen molar-refractivity contribution in [2.45, 2.75) is 37.6 Å². The molecular formula is C16H20ClN3O2S2. The van der Waals surface area contributed by atoms with Crippen LogP contribution in [-0.2, 0) is 16.6 Å². The summed E-state index contributed by atoms with van der Waals surface area (Å²) in [4.78, 5) is 5.39. The van der Waals surface area contributed by atoms with Gasteiger partial charge in [0.2, 0.25) is 10.0 Å². The number of nitrogens with one attached hydrogen (secondary N) is 1. The predicted octanol–water partition coefficient (Wildman–Crippen LogP) is 3.89. The Morgan fingerprint density at radius 2 is 2.04 bits per heavy atom. The van der Waals surface area contributed by atoms with Crippen molar-refractivity contribution in [3.05, 3.63) is 39.3 Å². The molecule has 0 saturated carbocycles. The van der Waals surface area contributed by atoms with E-state index in [1.54, 1.807) is 16.6 Å². The van der Waals surface area contributed by atoms with Gasteiger partial charge in [-0.15, -0.1) is 11.3 Å². The van der Waals surface area contributed by atoms with Gasteiger partial charge in [-0.05, 0) is 37.5 Å². The normalized spacial score (nSPS) is 16.2. The number of benzene rings is 1. The van der Waals surface area contributed by atoms with E-state index in [0.717, 1.165) is 35.4 Å². The van der Waals surface area contributed by atoms with Crippen LogP contribution in [0.2, 0.25) is 4.47 Å². The van der Waals surface area contributed by atoms with Crippen molar-refractivity contribution in [1.82, 2.24) is 9.29 Å². The van der Waals surface area contributed by atoms with Gasteiger partial charge >= 0.3 is 0 Å². The molecule has 3 rings (SSSR count). The number of hydrogen-bond donors (Lipinski definition) is 1. The second-order valence-electron chi connectivity index (χ2n) is 5.88. The Morgan fingerprint density at radius 3 is 2.71 bits per heavy atom. The van der Waals surface area contributed by atoms with Gasteiger partial charge in [0.15, 0.2) is 4.47 Å². The molecule has 5 nitrogen and oxygen atoms in total. The fourth-order valence-electron chi connectivity index (χ4n) is 2.79. The molecule has 2 aromatic rings. The highest BCUT2D eigenvalue weighted by Crippen LogP contribution is 2.26. The van der Waals surface area contributed by atoms with Crippen LogP contribution in [0.3, 0.4) is 0 Å². The summed E-state index contributed by atoms with van der Waals surface area (Å²) in [5, 5.41) is 3.25. The summed E-state index contributed by atoms with van der Waals surface area (Å²) in [6, 6.07) is 5.47. The van der Waals surface area contributed by atoms with E-state index in [1.165, 1.54) is 11.3 Å². The summed E-state index contributed by atoms with van der Waals surface area (Å²) in [6.45, 7) is 3.62. The Morgan fingerprint density at radius 1 is 1.29 bits per heavy atom. The zero-order valence-corrected chi connectivity index (χ0v) is 15.8. The Balaban J connectivity index is 1.80. The third kappa shape index (κ3) is 3.91. The number of aromatic nitrogens is 1. The molecule has 1 aromatic carbocycles. The van der Waals surface area contributed by atoms with Gasteiger partial charge in [-0.25, -0.2) is 13.4 Å². The standard InChI is InChI=1S/C16H20ClN3O2S2/c1-12-5-6-13(18-10-14-11-19-16(17)23-14)9-15(12)24(21,22)20-7-3-2-4-8-20/h5-6,9,11,18H,2-4,7-8,10H2,1H3. The summed E-state index contributed by atoms with van der Waals surface area (Å²) in [6.07, 6.45) is 4.69. The number of piperidine rings is 1. The number of nitrogens with zero attached hydrogens (tertiary/aromatic N) is 2. The molecule has 0 bridgehead atoms. The van der Waals surface area contributed by atoms with Gasteiger partial charge in [0.1, 0.15) is 0 Å². The summed E-state index contributed by atoms with van der Waals surface area (Å²) in [7, 11) is -3.43. The number of halogens is 1. The molecule has 2 heterocycles. The van der Waals surface area contributed by atoms with Crippen LogP contribution >= 0.6 is 22.9 Å². The van der Waals surface area contributed by atoms with Crippen LogP contribution in [0, 0.1) is 6.92 Å². The molecule has 0 radical (unpaired) electrons. The van der Waals surface area contributed by atoms with Crippen molar-refractivity contribution in [1.29, 1.82) is 0 Å². The van der Waals surface area contributed by atoms with E-state index in [-0.39, 0.29) is 0 Å². The van der Waals surface area contributed by atoms with Crippen LogP contribution in [0.25, 0.3) is 0 Å². The second kappa shape index (κ2) is 7.39. The van der Waals surface area contributed by atoms with E-state index >= 15 is 0 Å². The first-order valence-electron chi connectivity index (χ1n) is 7.92. The van der Waals surface area contributed by atoms with Gasteiger partial charge in [-0.1, -0.05) is 24.1 Å². The summed E-state index contributed by atoms with van der Waals surface area (Å²) in [5.74, 6) is 0. The number of anilines is 1. The SMILES string of the molecule is Cc1ccc(NCc2cnc(Cl)s2)cc1S(=O)(=O)N1CCCCC1. The molecule has 1 aliphatic heterocycles. The third-order valence-electron chi connectivity index (χ3n) is 4.11. The van der Waals surface area contributed by atoms with Crippen molar-refractivity contribution >= 4 is 38.6 Å². The molecule has 0 aliphatic carbocycles. The Bertz CT molecular complexity index is 814. The van der Waals surface area contributed by atoms with Crippen molar-refractivity contribution in [3.8, 4) is 0 Å². The van der Waals surface area contributed by atoms with E-state index < -0.39 is 10.0 Å². The fourth-order valence-corrected chi connectivity index (χ4v) is 5.47. The molecule has 0 atom stereocenters. The van der Waals surface area contributed by atoms with Crippen LogP contribution in [0.15, 0.2) is 29.3 Å². The maximum Gasteiger partial charge on any atom is 0.243 e. The van der Waals surface area contributed by atoms with Gasteiger partial charge < -0.3 is 5.32 Å². The molecule has 130 valence electrons. The fraction of sp³-hybridized carbons (Fsp3) is 0.438. The minimum Gasteiger partial charge on any atom is -0.380 e. The highest BCUT2D eigenvalue weighted by molar-refractivity contribution is 7.89. The quantitative estimate of drug-likeness (QED) is 0.848. The first kappa shape index (κ1) is 17.7. The molecule has 8 heteroatoms. The Kier molecular flexibility index (Phi) is 5.44. The number of aryl methyl sites for hydroxylation is 1. The lowest BCUT2D eigenvalue weighted by Crippen LogP contribution is -2.36. The lowest BCUT2D eigenvalue weighted by molar-refractivity contribution is 0.346. The van der Waals surface area contributed by atoms with Crippen LogP contribution < -0.4 is 5.32 Å². The minimum absolute atomic E-state index is 0.386. The van der Waals surface area contributed by atoms with E-state index in [2.05, 4.69) is 10.3 Å². The average Bonchev–Trinajstić information content (AvgIpc) is 3.00. The van der Waals surface area contributed by atoms with E-state index in [9.17, 15) is 8.42 Å². The maximum absolute atomic E-state index is 12.9. The van der Waals surface area contributed by atoms with Crippen molar-refractivity contribution in [2.24, 2.45) is 0 Å². The lowest BCUT2D eigenvalue weighted by atomic mass is 10.2. The topological polar surface area (TPSA) is 62.3 Å². The van der Waals surface area contributed by atoms with Gasteiger partial charge in [-0.3, -0.25) is 0 Å². The molecule has 0 amide bonds. The van der Waals surface area contributed by atoms with E-state index in [0.29, 0.717) is 29.0 Å². The summed E-state index contributed by atoms with van der Waals surface area (Å²) < 4.78 is 27.9.